The molecule has 1 atom stereocenters. The van der Waals surface area contributed by atoms with Crippen LogP contribution in [0.1, 0.15) is 91.7 Å². The number of rotatable bonds is 10. The molecule has 0 bridgehead atoms. The molecule has 1 amide bonds. The van der Waals surface area contributed by atoms with E-state index in [2.05, 4.69) is 51.2 Å². The van der Waals surface area contributed by atoms with Gasteiger partial charge in [0.15, 0.2) is 0 Å². The minimum absolute atomic E-state index is 0.105. The van der Waals surface area contributed by atoms with Crippen LogP contribution < -0.4 is 10.1 Å². The third-order valence-electron chi connectivity index (χ3n) is 4.58. The Labute approximate surface area is 188 Å². The molecule has 0 heterocycles. The average Bonchev–Trinajstić information content (AvgIpc) is 2.62. The first-order chi connectivity index (χ1) is 14.3. The third-order valence-corrected chi connectivity index (χ3v) is 4.58. The van der Waals surface area contributed by atoms with Gasteiger partial charge < -0.3 is 19.5 Å². The number of alkyl carbamates (subject to hydrolysis) is 1. The Morgan fingerprint density at radius 1 is 0.935 bits per heavy atom. The van der Waals surface area contributed by atoms with Crippen LogP contribution in [-0.2, 0) is 14.3 Å². The monoisotopic (exact) mass is 435 g/mol. The summed E-state index contributed by atoms with van der Waals surface area (Å²) >= 11 is 0. The van der Waals surface area contributed by atoms with Gasteiger partial charge in [-0.15, -0.1) is 0 Å². The molecule has 0 saturated heterocycles. The van der Waals surface area contributed by atoms with Gasteiger partial charge in [0, 0.05) is 0 Å². The highest BCUT2D eigenvalue weighted by Crippen LogP contribution is 2.34. The number of para-hydroxylation sites is 1. The Bertz CT molecular complexity index is 693. The Kier molecular flexibility index (Phi) is 10.3. The van der Waals surface area contributed by atoms with Crippen molar-refractivity contribution < 1.29 is 23.8 Å². The first-order valence-electron chi connectivity index (χ1n) is 11.2. The smallest absolute Gasteiger partial charge is 0.408 e. The van der Waals surface area contributed by atoms with Gasteiger partial charge in [-0.1, -0.05) is 59.7 Å². The Morgan fingerprint density at radius 3 is 1.94 bits per heavy atom. The van der Waals surface area contributed by atoms with E-state index in [0.29, 0.717) is 18.3 Å². The molecular weight excluding hydrogens is 394 g/mol. The van der Waals surface area contributed by atoms with Crippen molar-refractivity contribution in [3.8, 4) is 5.75 Å². The maximum absolute atomic E-state index is 12.6. The van der Waals surface area contributed by atoms with Gasteiger partial charge >= 0.3 is 12.1 Å². The molecule has 6 heteroatoms. The lowest BCUT2D eigenvalue weighted by Gasteiger charge is -2.24. The molecule has 0 fully saturated rings. The van der Waals surface area contributed by atoms with Crippen LogP contribution in [-0.4, -0.2) is 36.9 Å². The Balaban J connectivity index is 2.73. The number of hydrogen-bond donors (Lipinski definition) is 1. The minimum atomic E-state index is -0.760. The van der Waals surface area contributed by atoms with E-state index in [1.54, 1.807) is 20.8 Å². The first-order valence-corrected chi connectivity index (χ1v) is 11.2. The van der Waals surface area contributed by atoms with Gasteiger partial charge in [-0.25, -0.2) is 9.59 Å². The highest BCUT2D eigenvalue weighted by atomic mass is 16.6. The van der Waals surface area contributed by atoms with Gasteiger partial charge in [0.1, 0.15) is 30.6 Å². The molecule has 176 valence electrons. The molecule has 0 radical (unpaired) electrons. The van der Waals surface area contributed by atoms with Crippen LogP contribution in [0.4, 0.5) is 4.79 Å². The third kappa shape index (κ3) is 9.62. The van der Waals surface area contributed by atoms with Gasteiger partial charge in [0.05, 0.1) is 0 Å². The van der Waals surface area contributed by atoms with E-state index in [-0.39, 0.29) is 19.1 Å². The Morgan fingerprint density at radius 2 is 1.48 bits per heavy atom. The zero-order valence-corrected chi connectivity index (χ0v) is 20.7. The van der Waals surface area contributed by atoms with Crippen LogP contribution in [0.3, 0.4) is 0 Å². The number of benzene rings is 1. The van der Waals surface area contributed by atoms with Gasteiger partial charge in [-0.3, -0.25) is 0 Å². The van der Waals surface area contributed by atoms with Crippen molar-refractivity contribution in [1.29, 1.82) is 0 Å². The normalized spacial score (nSPS) is 12.8. The van der Waals surface area contributed by atoms with E-state index in [1.165, 1.54) is 0 Å². The molecule has 0 unspecified atom stereocenters. The molecule has 0 aliphatic carbocycles. The van der Waals surface area contributed by atoms with Crippen LogP contribution in [0.2, 0.25) is 0 Å². The minimum Gasteiger partial charge on any atom is -0.489 e. The van der Waals surface area contributed by atoms with Crippen molar-refractivity contribution in [1.82, 2.24) is 5.32 Å². The van der Waals surface area contributed by atoms with Gasteiger partial charge in [-0.2, -0.15) is 0 Å². The van der Waals surface area contributed by atoms with Crippen molar-refractivity contribution >= 4 is 12.1 Å². The molecule has 0 aliphatic heterocycles. The lowest BCUT2D eigenvalue weighted by Crippen LogP contribution is -2.45. The first kappa shape index (κ1) is 26.8. The molecule has 1 aromatic rings. The van der Waals surface area contributed by atoms with Crippen LogP contribution in [0, 0.1) is 5.92 Å². The standard InChI is InChI=1S/C25H41NO5/c1-16(2)15-21(26-24(28)31-25(7,8)9)23(27)30-14-13-29-22-19(17(3)4)11-10-12-20(22)18(5)6/h10-12,16-18,21H,13-15H2,1-9H3,(H,26,28)/t21-/m0/s1. The summed E-state index contributed by atoms with van der Waals surface area (Å²) in [5.74, 6) is 1.24. The van der Waals surface area contributed by atoms with Crippen LogP contribution in [0.15, 0.2) is 18.2 Å². The van der Waals surface area contributed by atoms with Crippen molar-refractivity contribution in [3.05, 3.63) is 29.3 Å². The molecule has 0 aliphatic rings. The predicted octanol–water partition coefficient (Wildman–Crippen LogP) is 5.79. The number of esters is 1. The van der Waals surface area contributed by atoms with Crippen LogP contribution >= 0.6 is 0 Å². The summed E-state index contributed by atoms with van der Waals surface area (Å²) in [5.41, 5.74) is 1.64. The van der Waals surface area contributed by atoms with E-state index >= 15 is 0 Å². The van der Waals surface area contributed by atoms with E-state index in [9.17, 15) is 9.59 Å². The fraction of sp³-hybridized carbons (Fsp3) is 0.680. The molecule has 0 spiro atoms. The lowest BCUT2D eigenvalue weighted by molar-refractivity contribution is -0.147. The maximum Gasteiger partial charge on any atom is 0.408 e. The highest BCUT2D eigenvalue weighted by molar-refractivity contribution is 5.81. The van der Waals surface area contributed by atoms with Gasteiger partial charge in [0.25, 0.3) is 0 Å². The number of ether oxygens (including phenoxy) is 3. The molecule has 1 rings (SSSR count). The summed E-state index contributed by atoms with van der Waals surface area (Å²) < 4.78 is 16.8. The number of carbonyl (C=O) groups excluding carboxylic acids is 2. The largest absolute Gasteiger partial charge is 0.489 e. The number of amides is 1. The van der Waals surface area contributed by atoms with Gasteiger partial charge in [0.2, 0.25) is 0 Å². The maximum atomic E-state index is 12.6. The SMILES string of the molecule is CC(C)C[C@H](NC(=O)OC(C)(C)C)C(=O)OCCOc1c(C(C)C)cccc1C(C)C. The zero-order chi connectivity index (χ0) is 23.8. The second-order valence-corrected chi connectivity index (χ2v) is 9.92. The number of carbonyl (C=O) groups is 2. The fourth-order valence-corrected chi connectivity index (χ4v) is 3.17. The summed E-state index contributed by atoms with van der Waals surface area (Å²) in [6.07, 6.45) is -0.161. The average molecular weight is 436 g/mol. The second-order valence-electron chi connectivity index (χ2n) is 9.92. The van der Waals surface area contributed by atoms with Crippen molar-refractivity contribution in [2.75, 3.05) is 13.2 Å². The van der Waals surface area contributed by atoms with Crippen LogP contribution in [0.25, 0.3) is 0 Å². The summed E-state index contributed by atoms with van der Waals surface area (Å²) in [6.45, 7) is 18.2. The summed E-state index contributed by atoms with van der Waals surface area (Å²) in [7, 11) is 0. The van der Waals surface area contributed by atoms with Gasteiger partial charge in [-0.05, 0) is 56.1 Å². The van der Waals surface area contributed by atoms with E-state index in [4.69, 9.17) is 14.2 Å². The number of hydrogen-bond acceptors (Lipinski definition) is 5. The Hall–Kier alpha value is -2.24. The van der Waals surface area contributed by atoms with E-state index in [1.807, 2.05) is 13.8 Å². The molecule has 6 nitrogen and oxygen atoms in total. The predicted molar refractivity (Wildman–Crippen MR) is 124 cm³/mol. The second kappa shape index (κ2) is 12.0. The quantitative estimate of drug-likeness (QED) is 0.372. The summed E-state index contributed by atoms with van der Waals surface area (Å²) in [5, 5.41) is 2.63. The number of nitrogens with one attached hydrogen (secondary N) is 1. The summed E-state index contributed by atoms with van der Waals surface area (Å²) in [4.78, 5) is 24.7. The molecule has 1 aromatic carbocycles. The molecule has 31 heavy (non-hydrogen) atoms. The van der Waals surface area contributed by atoms with Crippen molar-refractivity contribution in [2.45, 2.75) is 92.2 Å². The van der Waals surface area contributed by atoms with Crippen LogP contribution in [0.5, 0.6) is 5.75 Å². The topological polar surface area (TPSA) is 73.9 Å². The van der Waals surface area contributed by atoms with E-state index in [0.717, 1.165) is 16.9 Å². The highest BCUT2D eigenvalue weighted by Gasteiger charge is 2.26. The molecular formula is C25H41NO5. The molecule has 0 aromatic heterocycles. The molecule has 0 saturated carbocycles. The lowest BCUT2D eigenvalue weighted by atomic mass is 9.94. The van der Waals surface area contributed by atoms with E-state index < -0.39 is 23.7 Å². The van der Waals surface area contributed by atoms with Crippen molar-refractivity contribution in [3.63, 3.8) is 0 Å². The fourth-order valence-electron chi connectivity index (χ4n) is 3.17. The zero-order valence-electron chi connectivity index (χ0n) is 20.7. The molecule has 1 N–H and O–H groups in total. The van der Waals surface area contributed by atoms with Crippen molar-refractivity contribution in [2.24, 2.45) is 5.92 Å². The summed E-state index contributed by atoms with van der Waals surface area (Å²) in [6, 6.07) is 5.43.